The number of carbonyl (C=O) groups excluding carboxylic acids is 1. The average Bonchev–Trinajstić information content (AvgIpc) is 3.04. The molecule has 0 spiro atoms. The summed E-state index contributed by atoms with van der Waals surface area (Å²) in [5.74, 6) is -0.738. The van der Waals surface area contributed by atoms with Crippen molar-refractivity contribution in [1.29, 1.82) is 0 Å². The Morgan fingerprint density at radius 2 is 1.66 bits per heavy atom. The zero-order chi connectivity index (χ0) is 25.7. The van der Waals surface area contributed by atoms with Crippen LogP contribution in [0.3, 0.4) is 0 Å². The van der Waals surface area contributed by atoms with Crippen molar-refractivity contribution < 1.29 is 30.7 Å². The van der Waals surface area contributed by atoms with Crippen LogP contribution in [0.4, 0.5) is 11.4 Å². The molecule has 1 aliphatic rings. The van der Waals surface area contributed by atoms with Crippen LogP contribution in [0.25, 0.3) is 10.8 Å². The fourth-order valence-electron chi connectivity index (χ4n) is 3.44. The molecule has 1 amide bonds. The van der Waals surface area contributed by atoms with E-state index in [2.05, 4.69) is 15.3 Å². The molecule has 0 saturated carbocycles. The molecule has 0 aliphatic carbocycles. The molecule has 0 aromatic heterocycles. The average molecular weight is 557 g/mol. The van der Waals surface area contributed by atoms with Gasteiger partial charge in [-0.05, 0) is 30.5 Å². The number of azo groups is 1. The minimum atomic E-state index is -4.69. The summed E-state index contributed by atoms with van der Waals surface area (Å²) in [4.78, 5) is 11.9. The Bertz CT molecular complexity index is 1670. The van der Waals surface area contributed by atoms with Gasteiger partial charge in [0.15, 0.2) is 6.04 Å². The normalized spacial score (nSPS) is 16.9. The Morgan fingerprint density at radius 1 is 0.971 bits per heavy atom. The van der Waals surface area contributed by atoms with Crippen molar-refractivity contribution in [2.45, 2.75) is 22.8 Å². The van der Waals surface area contributed by atoms with Gasteiger partial charge in [0, 0.05) is 5.39 Å². The van der Waals surface area contributed by atoms with Crippen molar-refractivity contribution >= 4 is 77.2 Å². The lowest BCUT2D eigenvalue weighted by Crippen LogP contribution is -2.30. The van der Waals surface area contributed by atoms with Crippen molar-refractivity contribution in [3.8, 4) is 0 Å². The topological polar surface area (TPSA) is 166 Å². The largest absolute Gasteiger partial charge is 0.297 e. The number of hydrazone groups is 1. The second-order valence-corrected chi connectivity index (χ2v) is 10.9. The second-order valence-electron chi connectivity index (χ2n) is 7.33. The third kappa shape index (κ3) is 4.78. The van der Waals surface area contributed by atoms with Gasteiger partial charge < -0.3 is 0 Å². The maximum absolute atomic E-state index is 13.0. The lowest BCUT2D eigenvalue weighted by molar-refractivity contribution is -0.117. The molecule has 11 nitrogen and oxygen atoms in total. The summed E-state index contributed by atoms with van der Waals surface area (Å²) in [6.07, 6.45) is 0. The number of hydrogen-bond donors (Lipinski definition) is 2. The van der Waals surface area contributed by atoms with Crippen LogP contribution in [0.2, 0.25) is 10.0 Å². The van der Waals surface area contributed by atoms with Gasteiger partial charge in [0.2, 0.25) is 0 Å². The van der Waals surface area contributed by atoms with E-state index in [1.165, 1.54) is 19.1 Å². The molecule has 2 N–H and O–H groups in total. The fourth-order valence-corrected chi connectivity index (χ4v) is 5.61. The Kier molecular flexibility index (Phi) is 6.42. The first-order chi connectivity index (χ1) is 16.3. The molecular weight excluding hydrogens is 543 g/mol. The molecule has 3 aromatic rings. The molecule has 0 bridgehead atoms. The molecule has 182 valence electrons. The smallest absolute Gasteiger partial charge is 0.282 e. The molecule has 15 heteroatoms. The molecule has 0 radical (unpaired) electrons. The molecular formula is C20H14Cl2N4O7S2. The van der Waals surface area contributed by atoms with Crippen molar-refractivity contribution in [3.63, 3.8) is 0 Å². The van der Waals surface area contributed by atoms with Crippen LogP contribution >= 0.6 is 23.2 Å². The number of halogens is 2. The molecule has 4 rings (SSSR count). The van der Waals surface area contributed by atoms with E-state index < -0.39 is 47.0 Å². The highest BCUT2D eigenvalue weighted by Gasteiger charge is 2.36. The number of anilines is 1. The Labute approximate surface area is 209 Å². The molecule has 35 heavy (non-hydrogen) atoms. The fraction of sp³-hybridized carbons (Fsp3) is 0.100. The van der Waals surface area contributed by atoms with E-state index in [9.17, 15) is 30.7 Å². The van der Waals surface area contributed by atoms with E-state index in [0.29, 0.717) is 5.39 Å². The predicted octanol–water partition coefficient (Wildman–Crippen LogP) is 4.52. The van der Waals surface area contributed by atoms with Gasteiger partial charge in [-0.15, -0.1) is 0 Å². The van der Waals surface area contributed by atoms with Crippen LogP contribution in [-0.2, 0) is 25.0 Å². The van der Waals surface area contributed by atoms with Crippen molar-refractivity contribution in [1.82, 2.24) is 0 Å². The summed E-state index contributed by atoms with van der Waals surface area (Å²) in [5.41, 5.74) is -0.0988. The van der Waals surface area contributed by atoms with E-state index in [0.717, 1.165) is 17.1 Å². The number of benzene rings is 3. The summed E-state index contributed by atoms with van der Waals surface area (Å²) in [5, 5.41) is 12.9. The molecule has 1 heterocycles. The SMILES string of the molecule is CC1=NN(c2cc(Cl)c(S(=O)(=O)O)cc2Cl)C(=O)[C@H]1N=Nc1ccc2ccccc2c1S(=O)(=O)O. The summed E-state index contributed by atoms with van der Waals surface area (Å²) < 4.78 is 66.0. The van der Waals surface area contributed by atoms with Gasteiger partial charge in [0.1, 0.15) is 15.5 Å². The van der Waals surface area contributed by atoms with Crippen LogP contribution < -0.4 is 5.01 Å². The number of carbonyl (C=O) groups is 1. The van der Waals surface area contributed by atoms with Gasteiger partial charge >= 0.3 is 0 Å². The standard InChI is InChI=1S/C20H14Cl2N4O7S2/c1-10-18(20(27)26(25-10)16-8-14(22)17(9-13(16)21)34(28,29)30)24-23-15-7-6-11-4-2-3-5-12(11)19(15)35(31,32)33/h2-9,18H,1H3,(H,28,29,30)(H,31,32,33)/t18-/m0/s1. The lowest BCUT2D eigenvalue weighted by atomic mass is 10.1. The molecule has 0 fully saturated rings. The highest BCUT2D eigenvalue weighted by molar-refractivity contribution is 7.86. The van der Waals surface area contributed by atoms with E-state index in [1.54, 1.807) is 24.3 Å². The highest BCUT2D eigenvalue weighted by Crippen LogP contribution is 2.37. The monoisotopic (exact) mass is 556 g/mol. The summed E-state index contributed by atoms with van der Waals surface area (Å²) >= 11 is 12.0. The number of fused-ring (bicyclic) bond motifs is 1. The minimum absolute atomic E-state index is 0.0737. The first-order valence-electron chi connectivity index (χ1n) is 9.54. The third-order valence-corrected chi connectivity index (χ3v) is 7.57. The van der Waals surface area contributed by atoms with Crippen LogP contribution in [0, 0.1) is 0 Å². The molecule has 1 atom stereocenters. The van der Waals surface area contributed by atoms with Crippen LogP contribution in [-0.4, -0.2) is 43.6 Å². The van der Waals surface area contributed by atoms with E-state index in [1.807, 2.05) is 0 Å². The summed E-state index contributed by atoms with van der Waals surface area (Å²) in [7, 11) is -9.36. The van der Waals surface area contributed by atoms with Crippen LogP contribution in [0.1, 0.15) is 6.92 Å². The Morgan fingerprint density at radius 3 is 2.31 bits per heavy atom. The lowest BCUT2D eigenvalue weighted by Gasteiger charge is -2.15. The van der Waals surface area contributed by atoms with Gasteiger partial charge in [0.25, 0.3) is 26.1 Å². The van der Waals surface area contributed by atoms with Crippen LogP contribution in [0.15, 0.2) is 73.7 Å². The van der Waals surface area contributed by atoms with Gasteiger partial charge in [-0.25, -0.2) is 0 Å². The third-order valence-electron chi connectivity index (χ3n) is 5.00. The number of nitrogens with zero attached hydrogens (tertiary/aromatic N) is 4. The number of amides is 1. The zero-order valence-corrected chi connectivity index (χ0v) is 20.6. The van der Waals surface area contributed by atoms with Crippen molar-refractivity contribution in [2.24, 2.45) is 15.3 Å². The first-order valence-corrected chi connectivity index (χ1v) is 13.2. The first kappa shape index (κ1) is 25.2. The van der Waals surface area contributed by atoms with Crippen molar-refractivity contribution in [2.75, 3.05) is 5.01 Å². The van der Waals surface area contributed by atoms with Crippen LogP contribution in [0.5, 0.6) is 0 Å². The van der Waals surface area contributed by atoms with Gasteiger partial charge in [-0.2, -0.15) is 37.2 Å². The second kappa shape index (κ2) is 8.93. The number of rotatable bonds is 5. The van der Waals surface area contributed by atoms with Gasteiger partial charge in [0.05, 0.1) is 21.4 Å². The maximum Gasteiger partial charge on any atom is 0.297 e. The van der Waals surface area contributed by atoms with Gasteiger partial charge in [-0.1, -0.05) is 53.5 Å². The summed E-state index contributed by atoms with van der Waals surface area (Å²) in [6.45, 7) is 1.47. The Hall–Kier alpha value is -2.94. The molecule has 0 saturated heterocycles. The molecule has 3 aromatic carbocycles. The maximum atomic E-state index is 13.0. The van der Waals surface area contributed by atoms with E-state index in [-0.39, 0.29) is 27.5 Å². The number of hydrogen-bond acceptors (Lipinski definition) is 8. The molecule has 0 unspecified atom stereocenters. The van der Waals surface area contributed by atoms with E-state index in [4.69, 9.17) is 23.2 Å². The quantitative estimate of drug-likeness (QED) is 0.344. The minimum Gasteiger partial charge on any atom is -0.282 e. The predicted molar refractivity (Wildman–Crippen MR) is 129 cm³/mol. The van der Waals surface area contributed by atoms with E-state index >= 15 is 0 Å². The Balaban J connectivity index is 1.72. The summed E-state index contributed by atoms with van der Waals surface area (Å²) in [6, 6.07) is 10.0. The zero-order valence-electron chi connectivity index (χ0n) is 17.5. The molecule has 1 aliphatic heterocycles. The van der Waals surface area contributed by atoms with Crippen molar-refractivity contribution in [3.05, 3.63) is 58.6 Å². The van der Waals surface area contributed by atoms with Gasteiger partial charge in [-0.3, -0.25) is 13.9 Å². The highest BCUT2D eigenvalue weighted by atomic mass is 35.5.